The number of anilines is 1. The van der Waals surface area contributed by atoms with Crippen LogP contribution in [-0.2, 0) is 11.3 Å². The van der Waals surface area contributed by atoms with Crippen molar-refractivity contribution < 1.29 is 9.53 Å². The molecule has 1 N–H and O–H groups in total. The first-order chi connectivity index (χ1) is 11.3. The van der Waals surface area contributed by atoms with Gasteiger partial charge in [-0.15, -0.1) is 23.7 Å². The van der Waals surface area contributed by atoms with Gasteiger partial charge in [0.15, 0.2) is 0 Å². The molecule has 24 heavy (non-hydrogen) atoms. The number of carbonyl (C=O) groups is 1. The molecule has 0 aliphatic carbocycles. The van der Waals surface area contributed by atoms with Crippen LogP contribution in [0.3, 0.4) is 0 Å². The molecule has 1 unspecified atom stereocenters. The van der Waals surface area contributed by atoms with Crippen LogP contribution in [0.4, 0.5) is 5.69 Å². The Morgan fingerprint density at radius 1 is 1.33 bits per heavy atom. The van der Waals surface area contributed by atoms with Crippen molar-refractivity contribution in [2.45, 2.75) is 31.8 Å². The molecule has 0 spiro atoms. The highest BCUT2D eigenvalue weighted by atomic mass is 35.5. The third kappa shape index (κ3) is 4.72. The minimum Gasteiger partial charge on any atom is -0.497 e. The van der Waals surface area contributed by atoms with Crippen molar-refractivity contribution in [1.29, 1.82) is 0 Å². The van der Waals surface area contributed by atoms with Crippen LogP contribution in [-0.4, -0.2) is 25.6 Å². The van der Waals surface area contributed by atoms with E-state index in [1.807, 2.05) is 40.6 Å². The molecule has 6 heteroatoms. The maximum Gasteiger partial charge on any atom is 0.228 e. The van der Waals surface area contributed by atoms with Gasteiger partial charge in [-0.25, -0.2) is 0 Å². The average Bonchev–Trinajstić information content (AvgIpc) is 3.26. The molecule has 4 nitrogen and oxygen atoms in total. The van der Waals surface area contributed by atoms with E-state index in [1.165, 1.54) is 4.88 Å². The number of rotatable bonds is 6. The average molecular weight is 367 g/mol. The van der Waals surface area contributed by atoms with Gasteiger partial charge >= 0.3 is 0 Å². The molecule has 1 aromatic carbocycles. The van der Waals surface area contributed by atoms with Crippen molar-refractivity contribution in [2.24, 2.45) is 0 Å². The van der Waals surface area contributed by atoms with Gasteiger partial charge in [-0.1, -0.05) is 6.07 Å². The van der Waals surface area contributed by atoms with E-state index < -0.39 is 0 Å². The van der Waals surface area contributed by atoms with Gasteiger partial charge in [-0.05, 0) is 55.1 Å². The minimum atomic E-state index is 0. The molecule has 0 bridgehead atoms. The van der Waals surface area contributed by atoms with Crippen LogP contribution >= 0.6 is 23.7 Å². The van der Waals surface area contributed by atoms with E-state index in [1.54, 1.807) is 18.4 Å². The lowest BCUT2D eigenvalue weighted by Gasteiger charge is -2.24. The lowest BCUT2D eigenvalue weighted by Crippen LogP contribution is -2.35. The van der Waals surface area contributed by atoms with E-state index in [4.69, 9.17) is 4.74 Å². The molecule has 3 rings (SSSR count). The van der Waals surface area contributed by atoms with E-state index in [-0.39, 0.29) is 18.3 Å². The first-order valence-electron chi connectivity index (χ1n) is 7.96. The van der Waals surface area contributed by atoms with Gasteiger partial charge in [0.1, 0.15) is 5.75 Å². The zero-order valence-electron chi connectivity index (χ0n) is 13.7. The molecule has 1 saturated heterocycles. The number of hydrogen-bond acceptors (Lipinski definition) is 4. The number of methoxy groups -OCH3 is 1. The Balaban J connectivity index is 0.00000208. The van der Waals surface area contributed by atoms with Crippen molar-refractivity contribution in [2.75, 3.05) is 18.6 Å². The summed E-state index contributed by atoms with van der Waals surface area (Å²) in [5.41, 5.74) is 0.919. The second kappa shape index (κ2) is 9.06. The summed E-state index contributed by atoms with van der Waals surface area (Å²) in [5.74, 6) is 0.970. The van der Waals surface area contributed by atoms with Gasteiger partial charge in [-0.3, -0.25) is 4.79 Å². The molecular formula is C18H23ClN2O2S. The van der Waals surface area contributed by atoms with Crippen molar-refractivity contribution >= 4 is 35.3 Å². The summed E-state index contributed by atoms with van der Waals surface area (Å²) >= 11 is 1.68. The van der Waals surface area contributed by atoms with Crippen molar-refractivity contribution in [3.05, 3.63) is 46.7 Å². The number of ether oxygens (including phenoxy) is 1. The van der Waals surface area contributed by atoms with Gasteiger partial charge in [-0.2, -0.15) is 0 Å². The van der Waals surface area contributed by atoms with Crippen LogP contribution < -0.4 is 15.0 Å². The first-order valence-corrected chi connectivity index (χ1v) is 8.84. The van der Waals surface area contributed by atoms with Gasteiger partial charge in [0.25, 0.3) is 0 Å². The standard InChI is InChI=1S/C18H22N2O2S.ClH/c1-22-16-8-6-15(7-9-16)20(13-17-5-3-11-23-17)18(21)12-14-4-2-10-19-14;/h3,5-9,11,14,19H,2,4,10,12-13H2,1H3;1H. The zero-order valence-corrected chi connectivity index (χ0v) is 15.4. The molecule has 1 atom stereocenters. The number of halogens is 1. The maximum atomic E-state index is 12.8. The normalized spacial score (nSPS) is 16.5. The summed E-state index contributed by atoms with van der Waals surface area (Å²) in [4.78, 5) is 15.9. The highest BCUT2D eigenvalue weighted by Gasteiger charge is 2.23. The lowest BCUT2D eigenvalue weighted by atomic mass is 10.1. The summed E-state index contributed by atoms with van der Waals surface area (Å²) in [7, 11) is 1.65. The number of thiophene rings is 1. The van der Waals surface area contributed by atoms with Crippen LogP contribution in [0, 0.1) is 0 Å². The zero-order chi connectivity index (χ0) is 16.1. The summed E-state index contributed by atoms with van der Waals surface area (Å²) in [6.07, 6.45) is 2.80. The number of benzene rings is 1. The molecule has 1 amide bonds. The maximum absolute atomic E-state index is 12.8. The third-order valence-corrected chi connectivity index (χ3v) is 5.02. The summed E-state index contributed by atoms with van der Waals surface area (Å²) in [6.45, 7) is 1.64. The Hall–Kier alpha value is -1.56. The van der Waals surface area contributed by atoms with Gasteiger partial charge < -0.3 is 15.0 Å². The molecule has 0 saturated carbocycles. The van der Waals surface area contributed by atoms with Crippen molar-refractivity contribution in [1.82, 2.24) is 5.32 Å². The number of nitrogens with zero attached hydrogens (tertiary/aromatic N) is 1. The third-order valence-electron chi connectivity index (χ3n) is 4.16. The molecule has 1 aromatic heterocycles. The topological polar surface area (TPSA) is 41.6 Å². The monoisotopic (exact) mass is 366 g/mol. The highest BCUT2D eigenvalue weighted by molar-refractivity contribution is 7.09. The predicted molar refractivity (Wildman–Crippen MR) is 101 cm³/mol. The second-order valence-corrected chi connectivity index (χ2v) is 6.79. The summed E-state index contributed by atoms with van der Waals surface area (Å²) in [5, 5.41) is 5.45. The fraction of sp³-hybridized carbons (Fsp3) is 0.389. The Bertz CT molecular complexity index is 625. The summed E-state index contributed by atoms with van der Waals surface area (Å²) < 4.78 is 5.21. The molecule has 2 heterocycles. The number of nitrogens with one attached hydrogen (secondary N) is 1. The van der Waals surface area contributed by atoms with Crippen LogP contribution in [0.1, 0.15) is 24.1 Å². The SMILES string of the molecule is COc1ccc(N(Cc2cccs2)C(=O)CC2CCCN2)cc1.Cl. The lowest BCUT2D eigenvalue weighted by molar-refractivity contribution is -0.119. The second-order valence-electron chi connectivity index (χ2n) is 5.75. The molecule has 1 aliphatic heterocycles. The minimum absolute atomic E-state index is 0. The fourth-order valence-electron chi connectivity index (χ4n) is 2.90. The number of carbonyl (C=O) groups excluding carboxylic acids is 1. The largest absolute Gasteiger partial charge is 0.497 e. The van der Waals surface area contributed by atoms with E-state index in [0.717, 1.165) is 30.8 Å². The van der Waals surface area contributed by atoms with Crippen molar-refractivity contribution in [3.8, 4) is 5.75 Å². The molecule has 0 radical (unpaired) electrons. The van der Waals surface area contributed by atoms with Crippen LogP contribution in [0.2, 0.25) is 0 Å². The molecule has 1 aliphatic rings. The van der Waals surface area contributed by atoms with Gasteiger partial charge in [0.05, 0.1) is 13.7 Å². The van der Waals surface area contributed by atoms with Gasteiger partial charge in [0, 0.05) is 23.0 Å². The van der Waals surface area contributed by atoms with Crippen LogP contribution in [0.5, 0.6) is 5.75 Å². The quantitative estimate of drug-likeness (QED) is 0.844. The molecule has 1 fully saturated rings. The van der Waals surface area contributed by atoms with E-state index in [0.29, 0.717) is 19.0 Å². The molecule has 130 valence electrons. The van der Waals surface area contributed by atoms with E-state index >= 15 is 0 Å². The van der Waals surface area contributed by atoms with E-state index in [2.05, 4.69) is 11.4 Å². The van der Waals surface area contributed by atoms with Crippen LogP contribution in [0.15, 0.2) is 41.8 Å². The Kier molecular flexibility index (Phi) is 7.09. The fourth-order valence-corrected chi connectivity index (χ4v) is 3.59. The Labute approximate surface area is 153 Å². The Morgan fingerprint density at radius 3 is 2.71 bits per heavy atom. The summed E-state index contributed by atoms with van der Waals surface area (Å²) in [6, 6.07) is 12.1. The highest BCUT2D eigenvalue weighted by Crippen LogP contribution is 2.24. The predicted octanol–water partition coefficient (Wildman–Crippen LogP) is 3.85. The first kappa shape index (κ1) is 18.8. The molecule has 2 aromatic rings. The van der Waals surface area contributed by atoms with Crippen molar-refractivity contribution in [3.63, 3.8) is 0 Å². The number of amides is 1. The number of hydrogen-bond donors (Lipinski definition) is 1. The Morgan fingerprint density at radius 2 is 2.12 bits per heavy atom. The van der Waals surface area contributed by atoms with E-state index in [9.17, 15) is 4.79 Å². The molecular weight excluding hydrogens is 344 g/mol. The smallest absolute Gasteiger partial charge is 0.228 e. The van der Waals surface area contributed by atoms with Gasteiger partial charge in [0.2, 0.25) is 5.91 Å². The van der Waals surface area contributed by atoms with Crippen LogP contribution in [0.25, 0.3) is 0 Å².